The van der Waals surface area contributed by atoms with Gasteiger partial charge >= 0.3 is 0 Å². The predicted octanol–water partition coefficient (Wildman–Crippen LogP) is 2.19. The Labute approximate surface area is 135 Å². The topological polar surface area (TPSA) is 85.9 Å². The summed E-state index contributed by atoms with van der Waals surface area (Å²) in [5.41, 5.74) is -0.0174. The van der Waals surface area contributed by atoms with Gasteiger partial charge in [-0.05, 0) is 0 Å². The summed E-state index contributed by atoms with van der Waals surface area (Å²) in [7, 11) is 2.86. The molecule has 0 spiro atoms. The van der Waals surface area contributed by atoms with Gasteiger partial charge in [0.25, 0.3) is 5.91 Å². The van der Waals surface area contributed by atoms with Gasteiger partial charge in [0, 0.05) is 6.07 Å². The summed E-state index contributed by atoms with van der Waals surface area (Å²) in [4.78, 5) is 20.0. The number of pyridine rings is 2. The van der Waals surface area contributed by atoms with Crippen molar-refractivity contribution in [3.8, 4) is 11.5 Å². The van der Waals surface area contributed by atoms with Crippen molar-refractivity contribution in [1.29, 1.82) is 0 Å². The van der Waals surface area contributed by atoms with Gasteiger partial charge in [-0.25, -0.2) is 9.98 Å². The van der Waals surface area contributed by atoms with Gasteiger partial charge in [0.05, 0.1) is 42.9 Å². The summed E-state index contributed by atoms with van der Waals surface area (Å²) >= 11 is 11.8. The monoisotopic (exact) mass is 343 g/mol. The number of carbonyl (C=O) groups excluding carboxylic acids is 1. The van der Waals surface area contributed by atoms with Crippen LogP contribution in [0.15, 0.2) is 29.6 Å². The molecule has 0 saturated carbocycles. The normalized spacial score (nSPS) is 10.2. The molecule has 0 radical (unpaired) electrons. The van der Waals surface area contributed by atoms with Crippen molar-refractivity contribution in [3.63, 3.8) is 0 Å². The van der Waals surface area contributed by atoms with Crippen LogP contribution in [0.25, 0.3) is 0 Å². The minimum absolute atomic E-state index is 0.0100. The highest BCUT2D eigenvalue weighted by Crippen LogP contribution is 2.22. The number of halogens is 2. The van der Waals surface area contributed by atoms with E-state index in [4.69, 9.17) is 32.7 Å². The van der Waals surface area contributed by atoms with Crippen LogP contribution in [-0.2, 0) is 0 Å². The molecule has 22 heavy (non-hydrogen) atoms. The molecule has 0 aliphatic heterocycles. The summed E-state index contributed by atoms with van der Waals surface area (Å²) < 4.78 is 10.8. The standard InChI is InChI=1S/C13H11Cl2N3O4/c1-21-7-3-10(22-2)12(16-4-7)13(19)17-11-8(14)5-18(20)6-9(11)15/h3-6,20H,1-2H3. The molecular formula is C13H11Cl2N3O4. The van der Waals surface area contributed by atoms with Crippen molar-refractivity contribution >= 4 is 29.1 Å². The molecule has 116 valence electrons. The summed E-state index contributed by atoms with van der Waals surface area (Å²) in [5, 5.41) is 9.33. The molecule has 7 nitrogen and oxygen atoms in total. The van der Waals surface area contributed by atoms with Gasteiger partial charge in [0.15, 0.2) is 11.4 Å². The van der Waals surface area contributed by atoms with Crippen LogP contribution in [0.5, 0.6) is 11.5 Å². The zero-order valence-electron chi connectivity index (χ0n) is 11.6. The third-order valence-corrected chi connectivity index (χ3v) is 3.20. The first-order chi connectivity index (χ1) is 10.5. The highest BCUT2D eigenvalue weighted by atomic mass is 35.5. The Kier molecular flexibility index (Phi) is 4.89. The third kappa shape index (κ3) is 3.32. The van der Waals surface area contributed by atoms with E-state index in [1.807, 2.05) is 0 Å². The van der Waals surface area contributed by atoms with Crippen LogP contribution in [0, 0.1) is 0 Å². The molecule has 0 atom stereocenters. The number of nitrogens with zero attached hydrogens (tertiary/aromatic N) is 3. The van der Waals surface area contributed by atoms with Gasteiger partial charge in [-0.15, -0.1) is 0 Å². The fourth-order valence-corrected chi connectivity index (χ4v) is 2.16. The number of rotatable bonds is 3. The minimum Gasteiger partial charge on any atom is -0.495 e. The first-order valence-electron chi connectivity index (χ1n) is 5.90. The molecule has 0 fully saturated rings. The molecule has 2 heterocycles. The summed E-state index contributed by atoms with van der Waals surface area (Å²) in [5.74, 6) is -0.0574. The van der Waals surface area contributed by atoms with Crippen LogP contribution >= 0.6 is 23.2 Å². The van der Waals surface area contributed by atoms with Crippen molar-refractivity contribution in [3.05, 3.63) is 45.8 Å². The average molecular weight is 344 g/mol. The van der Waals surface area contributed by atoms with Crippen LogP contribution in [0.3, 0.4) is 0 Å². The van der Waals surface area contributed by atoms with Crippen molar-refractivity contribution in [1.82, 2.24) is 9.71 Å². The molecule has 1 N–H and O–H groups in total. The summed E-state index contributed by atoms with van der Waals surface area (Å²) in [6.45, 7) is 0. The minimum atomic E-state index is -0.695. The molecule has 0 saturated heterocycles. The molecular weight excluding hydrogens is 333 g/mol. The van der Waals surface area contributed by atoms with E-state index in [2.05, 4.69) is 9.98 Å². The maximum absolute atomic E-state index is 12.2. The zero-order valence-corrected chi connectivity index (χ0v) is 13.1. The second-order valence-electron chi connectivity index (χ2n) is 4.03. The Morgan fingerprint density at radius 2 is 1.91 bits per heavy atom. The number of methoxy groups -OCH3 is 2. The van der Waals surface area contributed by atoms with Crippen molar-refractivity contribution in [2.24, 2.45) is 4.99 Å². The largest absolute Gasteiger partial charge is 0.495 e. The van der Waals surface area contributed by atoms with E-state index in [1.165, 1.54) is 26.5 Å². The zero-order chi connectivity index (χ0) is 16.3. The smallest absolute Gasteiger partial charge is 0.300 e. The Morgan fingerprint density at radius 1 is 1.27 bits per heavy atom. The second-order valence-corrected chi connectivity index (χ2v) is 4.84. The number of hydrogen-bond acceptors (Lipinski definition) is 5. The van der Waals surface area contributed by atoms with Gasteiger partial charge in [0.2, 0.25) is 0 Å². The molecule has 2 rings (SSSR count). The molecule has 0 aromatic carbocycles. The number of carbonyl (C=O) groups is 1. The molecule has 1 amide bonds. The van der Waals surface area contributed by atoms with Crippen LogP contribution in [0.4, 0.5) is 0 Å². The SMILES string of the molecule is COc1cnc(C(=O)N=c2c(Cl)cn(O)cc2Cl)c(OC)c1. The maximum Gasteiger partial charge on any atom is 0.300 e. The first kappa shape index (κ1) is 16.1. The Balaban J connectivity index is 2.52. The fourth-order valence-electron chi connectivity index (χ4n) is 1.62. The molecule has 2 aromatic rings. The lowest BCUT2D eigenvalue weighted by Crippen LogP contribution is -2.13. The maximum atomic E-state index is 12.2. The summed E-state index contributed by atoms with van der Waals surface area (Å²) in [6, 6.07) is 1.51. The second kappa shape index (κ2) is 6.67. The van der Waals surface area contributed by atoms with Gasteiger partial charge in [-0.3, -0.25) is 4.79 Å². The highest BCUT2D eigenvalue weighted by molar-refractivity contribution is 6.34. The molecule has 0 aliphatic rings. The van der Waals surface area contributed by atoms with Crippen LogP contribution in [0.2, 0.25) is 10.0 Å². The summed E-state index contributed by atoms with van der Waals surface area (Å²) in [6.07, 6.45) is 3.66. The quantitative estimate of drug-likeness (QED) is 0.863. The number of hydrogen-bond donors (Lipinski definition) is 1. The highest BCUT2D eigenvalue weighted by Gasteiger charge is 2.15. The lowest BCUT2D eigenvalue weighted by atomic mass is 10.3. The number of aromatic nitrogens is 2. The fraction of sp³-hybridized carbons (Fsp3) is 0.154. The molecule has 0 aliphatic carbocycles. The van der Waals surface area contributed by atoms with Gasteiger partial charge in [0.1, 0.15) is 11.1 Å². The van der Waals surface area contributed by atoms with Crippen LogP contribution in [0.1, 0.15) is 10.5 Å². The van der Waals surface area contributed by atoms with Crippen LogP contribution < -0.4 is 14.8 Å². The van der Waals surface area contributed by atoms with Crippen molar-refractivity contribution in [2.75, 3.05) is 14.2 Å². The van der Waals surface area contributed by atoms with E-state index in [1.54, 1.807) is 0 Å². The Bertz CT molecular complexity index is 763. The van der Waals surface area contributed by atoms with Crippen molar-refractivity contribution < 1.29 is 19.5 Å². The van der Waals surface area contributed by atoms with Gasteiger partial charge in [-0.2, -0.15) is 4.73 Å². The van der Waals surface area contributed by atoms with Gasteiger partial charge < -0.3 is 14.7 Å². The first-order valence-corrected chi connectivity index (χ1v) is 6.65. The molecule has 9 heteroatoms. The number of amides is 1. The lowest BCUT2D eigenvalue weighted by Gasteiger charge is -2.06. The predicted molar refractivity (Wildman–Crippen MR) is 78.9 cm³/mol. The Hall–Kier alpha value is -2.25. The molecule has 2 aromatic heterocycles. The Morgan fingerprint density at radius 3 is 2.45 bits per heavy atom. The van der Waals surface area contributed by atoms with Gasteiger partial charge in [-0.1, -0.05) is 23.2 Å². The molecule has 0 unspecified atom stereocenters. The van der Waals surface area contributed by atoms with Crippen LogP contribution in [-0.4, -0.2) is 35.0 Å². The van der Waals surface area contributed by atoms with Crippen molar-refractivity contribution in [2.45, 2.75) is 0 Å². The van der Waals surface area contributed by atoms with E-state index in [0.29, 0.717) is 10.5 Å². The molecule has 0 bridgehead atoms. The average Bonchev–Trinajstić information content (AvgIpc) is 2.49. The van der Waals surface area contributed by atoms with E-state index in [0.717, 1.165) is 12.4 Å². The lowest BCUT2D eigenvalue weighted by molar-refractivity contribution is 0.0990. The van der Waals surface area contributed by atoms with E-state index in [-0.39, 0.29) is 26.8 Å². The third-order valence-electron chi connectivity index (χ3n) is 2.64. The number of ether oxygens (including phenoxy) is 2. The van der Waals surface area contributed by atoms with E-state index < -0.39 is 5.91 Å². The van der Waals surface area contributed by atoms with E-state index >= 15 is 0 Å². The van der Waals surface area contributed by atoms with E-state index in [9.17, 15) is 10.0 Å².